The van der Waals surface area contributed by atoms with Crippen molar-refractivity contribution < 1.29 is 4.74 Å². The van der Waals surface area contributed by atoms with Crippen molar-refractivity contribution in [2.24, 2.45) is 5.41 Å². The molecule has 6 nitrogen and oxygen atoms in total. The van der Waals surface area contributed by atoms with Gasteiger partial charge in [-0.3, -0.25) is 0 Å². The van der Waals surface area contributed by atoms with Gasteiger partial charge in [0.15, 0.2) is 5.82 Å². The number of H-pyrrole nitrogens is 1. The highest BCUT2D eigenvalue weighted by atomic mass is 16.5. The van der Waals surface area contributed by atoms with Crippen LogP contribution in [0.1, 0.15) is 38.4 Å². The minimum atomic E-state index is 0.403. The van der Waals surface area contributed by atoms with Gasteiger partial charge in [-0.2, -0.15) is 5.21 Å². The van der Waals surface area contributed by atoms with Gasteiger partial charge in [-0.25, -0.2) is 0 Å². The van der Waals surface area contributed by atoms with Crippen molar-refractivity contribution in [3.8, 4) is 0 Å². The lowest BCUT2D eigenvalue weighted by molar-refractivity contribution is -0.173. The van der Waals surface area contributed by atoms with Crippen molar-refractivity contribution in [1.29, 1.82) is 0 Å². The lowest BCUT2D eigenvalue weighted by Gasteiger charge is -2.61. The first kappa shape index (κ1) is 11.1. The lowest BCUT2D eigenvalue weighted by atomic mass is 9.51. The van der Waals surface area contributed by atoms with Gasteiger partial charge < -0.3 is 10.1 Å². The Morgan fingerprint density at radius 3 is 3.00 bits per heavy atom. The van der Waals surface area contributed by atoms with Gasteiger partial charge in [-0.15, -0.1) is 10.2 Å². The summed E-state index contributed by atoms with van der Waals surface area (Å²) in [5.74, 6) is 0.735. The van der Waals surface area contributed by atoms with Crippen molar-refractivity contribution in [2.75, 3.05) is 6.61 Å². The molecule has 2 N–H and O–H groups in total. The summed E-state index contributed by atoms with van der Waals surface area (Å²) in [6.07, 6.45) is 5.50. The number of aromatic nitrogens is 4. The van der Waals surface area contributed by atoms with Gasteiger partial charge in [-0.1, -0.05) is 11.6 Å². The van der Waals surface area contributed by atoms with Gasteiger partial charge in [0.05, 0.1) is 12.6 Å². The molecule has 6 heteroatoms. The zero-order valence-corrected chi connectivity index (χ0v) is 10.1. The number of nitrogens with one attached hydrogen (secondary N) is 2. The molecule has 0 saturated heterocycles. The van der Waals surface area contributed by atoms with Crippen LogP contribution in [0, 0.1) is 5.41 Å². The van der Waals surface area contributed by atoms with E-state index in [-0.39, 0.29) is 0 Å². The molecule has 1 spiro atoms. The zero-order valence-electron chi connectivity index (χ0n) is 10.1. The van der Waals surface area contributed by atoms with Crippen LogP contribution >= 0.6 is 0 Å². The van der Waals surface area contributed by atoms with Gasteiger partial charge in [0.1, 0.15) is 0 Å². The minimum Gasteiger partial charge on any atom is -0.378 e. The fraction of sp³-hybridized carbons (Fsp3) is 0.909. The second kappa shape index (κ2) is 4.34. The molecule has 94 valence electrons. The Labute approximate surface area is 101 Å². The molecular formula is C11H19N5O. The van der Waals surface area contributed by atoms with Crippen molar-refractivity contribution in [3.05, 3.63) is 5.82 Å². The second-order valence-corrected chi connectivity index (χ2v) is 5.03. The third-order valence-electron chi connectivity index (χ3n) is 4.33. The van der Waals surface area contributed by atoms with E-state index in [0.717, 1.165) is 18.9 Å². The van der Waals surface area contributed by atoms with Crippen LogP contribution in [0.5, 0.6) is 0 Å². The van der Waals surface area contributed by atoms with Crippen LogP contribution in [0.25, 0.3) is 0 Å². The normalized spacial score (nSPS) is 29.9. The van der Waals surface area contributed by atoms with E-state index in [4.69, 9.17) is 4.74 Å². The molecule has 2 fully saturated rings. The van der Waals surface area contributed by atoms with E-state index in [1.807, 2.05) is 0 Å². The van der Waals surface area contributed by atoms with Gasteiger partial charge in [0.25, 0.3) is 0 Å². The predicted molar refractivity (Wildman–Crippen MR) is 61.1 cm³/mol. The number of nitrogens with zero attached hydrogens (tertiary/aromatic N) is 3. The van der Waals surface area contributed by atoms with Crippen molar-refractivity contribution in [3.63, 3.8) is 0 Å². The molecule has 2 atom stereocenters. The van der Waals surface area contributed by atoms with Crippen LogP contribution < -0.4 is 5.32 Å². The first-order valence-electron chi connectivity index (χ1n) is 6.42. The highest BCUT2D eigenvalue weighted by Crippen LogP contribution is 2.57. The monoisotopic (exact) mass is 237 g/mol. The topological polar surface area (TPSA) is 75.7 Å². The van der Waals surface area contributed by atoms with Gasteiger partial charge in [0, 0.05) is 18.1 Å². The minimum absolute atomic E-state index is 0.403. The molecule has 2 aliphatic carbocycles. The summed E-state index contributed by atoms with van der Waals surface area (Å²) in [7, 11) is 0. The molecule has 1 heterocycles. The number of rotatable bonds is 5. The number of hydrogen-bond donors (Lipinski definition) is 2. The summed E-state index contributed by atoms with van der Waals surface area (Å²) in [5, 5.41) is 17.5. The van der Waals surface area contributed by atoms with Crippen LogP contribution in [-0.2, 0) is 11.3 Å². The van der Waals surface area contributed by atoms with Crippen LogP contribution in [0.2, 0.25) is 0 Å². The Morgan fingerprint density at radius 1 is 1.53 bits per heavy atom. The average molecular weight is 237 g/mol. The smallest absolute Gasteiger partial charge is 0.188 e. The van der Waals surface area contributed by atoms with Gasteiger partial charge in [-0.05, 0) is 26.2 Å². The molecule has 3 rings (SSSR count). The van der Waals surface area contributed by atoms with Crippen LogP contribution in [0.4, 0.5) is 0 Å². The zero-order chi connectivity index (χ0) is 11.7. The van der Waals surface area contributed by atoms with E-state index >= 15 is 0 Å². The third kappa shape index (κ3) is 1.75. The molecule has 0 radical (unpaired) electrons. The highest BCUT2D eigenvalue weighted by molar-refractivity contribution is 5.12. The third-order valence-corrected chi connectivity index (χ3v) is 4.33. The summed E-state index contributed by atoms with van der Waals surface area (Å²) in [6.45, 7) is 3.60. The number of hydrogen-bond acceptors (Lipinski definition) is 5. The molecule has 0 amide bonds. The Kier molecular flexibility index (Phi) is 2.84. The molecule has 1 aromatic rings. The molecule has 2 aliphatic rings. The summed E-state index contributed by atoms with van der Waals surface area (Å²) in [4.78, 5) is 0. The van der Waals surface area contributed by atoms with E-state index < -0.39 is 0 Å². The Hall–Kier alpha value is -1.01. The molecule has 2 unspecified atom stereocenters. The van der Waals surface area contributed by atoms with Crippen LogP contribution in [0.3, 0.4) is 0 Å². The van der Waals surface area contributed by atoms with E-state index in [1.165, 1.54) is 19.3 Å². The molecule has 0 aliphatic heterocycles. The lowest BCUT2D eigenvalue weighted by Crippen LogP contribution is -2.66. The van der Waals surface area contributed by atoms with E-state index in [2.05, 4.69) is 32.9 Å². The standard InChI is InChI=1S/C11H19N5O/c1-2-17-9-6-8(11(9)4-3-5-11)12-7-10-13-15-16-14-10/h8-9,12H,2-7H2,1H3,(H,13,14,15,16). The second-order valence-electron chi connectivity index (χ2n) is 5.03. The fourth-order valence-electron chi connectivity index (χ4n) is 3.20. The van der Waals surface area contributed by atoms with Crippen LogP contribution in [0.15, 0.2) is 0 Å². The number of ether oxygens (including phenoxy) is 1. The first-order valence-corrected chi connectivity index (χ1v) is 6.42. The molecular weight excluding hydrogens is 218 g/mol. The van der Waals surface area contributed by atoms with Crippen LogP contribution in [-0.4, -0.2) is 39.4 Å². The van der Waals surface area contributed by atoms with Gasteiger partial charge in [0.2, 0.25) is 0 Å². The fourth-order valence-corrected chi connectivity index (χ4v) is 3.20. The summed E-state index contributed by atoms with van der Waals surface area (Å²) < 4.78 is 5.81. The summed E-state index contributed by atoms with van der Waals surface area (Å²) >= 11 is 0. The maximum Gasteiger partial charge on any atom is 0.188 e. The molecule has 17 heavy (non-hydrogen) atoms. The quantitative estimate of drug-likeness (QED) is 0.786. The Balaban J connectivity index is 1.55. The maximum atomic E-state index is 5.81. The van der Waals surface area contributed by atoms with E-state index in [1.54, 1.807) is 0 Å². The van der Waals surface area contributed by atoms with Crippen molar-refractivity contribution >= 4 is 0 Å². The van der Waals surface area contributed by atoms with Crippen molar-refractivity contribution in [1.82, 2.24) is 25.9 Å². The SMILES string of the molecule is CCOC1CC(NCc2nn[nH]n2)C12CCC2. The molecule has 2 saturated carbocycles. The van der Waals surface area contributed by atoms with Crippen molar-refractivity contribution in [2.45, 2.75) is 51.3 Å². The summed E-state index contributed by atoms with van der Waals surface area (Å²) in [6, 6.07) is 0.561. The van der Waals surface area contributed by atoms with E-state index in [0.29, 0.717) is 24.1 Å². The predicted octanol–water partition coefficient (Wildman–Crippen LogP) is 0.637. The summed E-state index contributed by atoms with van der Waals surface area (Å²) in [5.41, 5.74) is 0.403. The molecule has 0 aromatic carbocycles. The van der Waals surface area contributed by atoms with E-state index in [9.17, 15) is 0 Å². The first-order chi connectivity index (χ1) is 8.35. The molecule has 0 bridgehead atoms. The Morgan fingerprint density at radius 2 is 2.41 bits per heavy atom. The number of tetrazole rings is 1. The Bertz CT molecular complexity index is 362. The van der Waals surface area contributed by atoms with Gasteiger partial charge >= 0.3 is 0 Å². The number of aromatic amines is 1. The highest BCUT2D eigenvalue weighted by Gasteiger charge is 2.58. The average Bonchev–Trinajstić information content (AvgIpc) is 2.72. The maximum absolute atomic E-state index is 5.81. The molecule has 1 aromatic heterocycles. The largest absolute Gasteiger partial charge is 0.378 e.